The van der Waals surface area contributed by atoms with Gasteiger partial charge in [-0.25, -0.2) is 15.8 Å². The van der Waals surface area contributed by atoms with Crippen LogP contribution in [0.5, 0.6) is 0 Å². The predicted molar refractivity (Wildman–Crippen MR) is 48.5 cm³/mol. The molecule has 0 aliphatic heterocycles. The third kappa shape index (κ3) is 1.37. The fraction of sp³-hybridized carbons (Fsp3) is 0.333. The lowest BCUT2D eigenvalue weighted by molar-refractivity contribution is 1.05. The molecule has 12 heavy (non-hydrogen) atoms. The third-order valence-electron chi connectivity index (χ3n) is 1.43. The van der Waals surface area contributed by atoms with Gasteiger partial charge in [0.2, 0.25) is 0 Å². The van der Waals surface area contributed by atoms with Gasteiger partial charge in [-0.15, -0.1) is 0 Å². The number of hydrogen-bond donors (Lipinski definition) is 4. The first-order valence-electron chi connectivity index (χ1n) is 3.47. The standard InChI is InChI=1S/C6H12N6/c1-3-10-5(9-2)4(7)6(11-3)12-8/h7-8H2,1-2H3,(H2,9,10,11,12). The van der Waals surface area contributed by atoms with Crippen LogP contribution in [0.15, 0.2) is 0 Å². The van der Waals surface area contributed by atoms with Gasteiger partial charge in [-0.3, -0.25) is 0 Å². The lowest BCUT2D eigenvalue weighted by atomic mass is 10.4. The molecule has 0 saturated heterocycles. The summed E-state index contributed by atoms with van der Waals surface area (Å²) in [5.74, 6) is 6.82. The fourth-order valence-corrected chi connectivity index (χ4v) is 0.882. The van der Waals surface area contributed by atoms with E-state index in [9.17, 15) is 0 Å². The Hall–Kier alpha value is -1.56. The first-order valence-corrected chi connectivity index (χ1v) is 3.47. The highest BCUT2D eigenvalue weighted by Crippen LogP contribution is 2.21. The minimum Gasteiger partial charge on any atom is -0.393 e. The second-order valence-corrected chi connectivity index (χ2v) is 2.28. The van der Waals surface area contributed by atoms with Gasteiger partial charge in [0.05, 0.1) is 0 Å². The molecule has 0 aliphatic carbocycles. The van der Waals surface area contributed by atoms with Gasteiger partial charge >= 0.3 is 0 Å². The van der Waals surface area contributed by atoms with Crippen LogP contribution in [0.25, 0.3) is 0 Å². The maximum absolute atomic E-state index is 5.64. The number of hydrazine groups is 1. The zero-order chi connectivity index (χ0) is 9.14. The van der Waals surface area contributed by atoms with Crippen LogP contribution in [-0.4, -0.2) is 17.0 Å². The average Bonchev–Trinajstić information content (AvgIpc) is 2.08. The normalized spacial score (nSPS) is 9.58. The Morgan fingerprint density at radius 1 is 1.25 bits per heavy atom. The molecular weight excluding hydrogens is 156 g/mol. The Morgan fingerprint density at radius 3 is 2.33 bits per heavy atom. The van der Waals surface area contributed by atoms with E-state index in [1.807, 2.05) is 0 Å². The minimum atomic E-state index is 0.422. The van der Waals surface area contributed by atoms with Crippen LogP contribution in [0.1, 0.15) is 5.82 Å². The maximum Gasteiger partial charge on any atom is 0.169 e. The molecule has 6 N–H and O–H groups in total. The summed E-state index contributed by atoms with van der Waals surface area (Å²) in [7, 11) is 1.73. The van der Waals surface area contributed by atoms with Gasteiger partial charge in [-0.05, 0) is 6.92 Å². The third-order valence-corrected chi connectivity index (χ3v) is 1.43. The van der Waals surface area contributed by atoms with Crippen molar-refractivity contribution in [1.82, 2.24) is 9.97 Å². The molecule has 1 heterocycles. The highest BCUT2D eigenvalue weighted by Gasteiger charge is 2.06. The fourth-order valence-electron chi connectivity index (χ4n) is 0.882. The molecule has 0 saturated carbocycles. The number of aromatic nitrogens is 2. The van der Waals surface area contributed by atoms with Gasteiger partial charge in [0.1, 0.15) is 11.5 Å². The van der Waals surface area contributed by atoms with E-state index in [0.29, 0.717) is 23.1 Å². The van der Waals surface area contributed by atoms with Gasteiger partial charge in [0, 0.05) is 7.05 Å². The van der Waals surface area contributed by atoms with E-state index in [1.54, 1.807) is 14.0 Å². The van der Waals surface area contributed by atoms with Crippen molar-refractivity contribution in [3.05, 3.63) is 5.82 Å². The lowest BCUT2D eigenvalue weighted by Gasteiger charge is -2.08. The van der Waals surface area contributed by atoms with Crippen LogP contribution in [0.3, 0.4) is 0 Å². The molecule has 1 rings (SSSR count). The number of nitrogen functional groups attached to an aromatic ring is 2. The summed E-state index contributed by atoms with van der Waals surface area (Å²) in [4.78, 5) is 8.04. The molecule has 1 aromatic rings. The van der Waals surface area contributed by atoms with Crippen molar-refractivity contribution >= 4 is 17.3 Å². The number of hydrogen-bond acceptors (Lipinski definition) is 6. The van der Waals surface area contributed by atoms with Crippen LogP contribution in [0, 0.1) is 6.92 Å². The van der Waals surface area contributed by atoms with Crippen LogP contribution >= 0.6 is 0 Å². The Morgan fingerprint density at radius 2 is 1.83 bits per heavy atom. The molecule has 0 aliphatic rings. The molecule has 66 valence electrons. The van der Waals surface area contributed by atoms with Crippen molar-refractivity contribution in [3.63, 3.8) is 0 Å². The van der Waals surface area contributed by atoms with Crippen LogP contribution in [0.2, 0.25) is 0 Å². The van der Waals surface area contributed by atoms with E-state index in [0.717, 1.165) is 0 Å². The van der Waals surface area contributed by atoms with Crippen molar-refractivity contribution < 1.29 is 0 Å². The zero-order valence-electron chi connectivity index (χ0n) is 7.05. The average molecular weight is 168 g/mol. The Balaban J connectivity index is 3.22. The zero-order valence-corrected chi connectivity index (χ0v) is 7.05. The van der Waals surface area contributed by atoms with Crippen LogP contribution in [0.4, 0.5) is 17.3 Å². The van der Waals surface area contributed by atoms with Crippen molar-refractivity contribution in [2.45, 2.75) is 6.92 Å². The topological polar surface area (TPSA) is 102 Å². The van der Waals surface area contributed by atoms with Gasteiger partial charge in [-0.2, -0.15) is 0 Å². The van der Waals surface area contributed by atoms with Crippen LogP contribution in [-0.2, 0) is 0 Å². The van der Waals surface area contributed by atoms with E-state index in [2.05, 4.69) is 20.7 Å². The molecule has 0 unspecified atom stereocenters. The van der Waals surface area contributed by atoms with Crippen LogP contribution < -0.4 is 22.3 Å². The number of rotatable bonds is 2. The molecule has 0 bridgehead atoms. The first-order chi connectivity index (χ1) is 5.69. The molecule has 6 heteroatoms. The quantitative estimate of drug-likeness (QED) is 0.357. The summed E-state index contributed by atoms with van der Waals surface area (Å²) >= 11 is 0. The number of anilines is 3. The summed E-state index contributed by atoms with van der Waals surface area (Å²) in [5, 5.41) is 2.84. The lowest BCUT2D eigenvalue weighted by Crippen LogP contribution is -2.14. The summed E-state index contributed by atoms with van der Waals surface area (Å²) in [5.41, 5.74) is 8.46. The highest BCUT2D eigenvalue weighted by molar-refractivity contribution is 5.73. The highest BCUT2D eigenvalue weighted by atomic mass is 15.3. The number of nitrogens with zero attached hydrogens (tertiary/aromatic N) is 2. The molecule has 1 aromatic heterocycles. The second kappa shape index (κ2) is 3.22. The summed E-state index contributed by atoms with van der Waals surface area (Å²) in [6.07, 6.45) is 0. The smallest absolute Gasteiger partial charge is 0.169 e. The van der Waals surface area contributed by atoms with E-state index < -0.39 is 0 Å². The molecule has 6 nitrogen and oxygen atoms in total. The summed E-state index contributed by atoms with van der Waals surface area (Å²) in [6.45, 7) is 1.76. The Bertz CT molecular complexity index is 258. The van der Waals surface area contributed by atoms with Crippen molar-refractivity contribution in [2.75, 3.05) is 23.5 Å². The number of nitrogens with one attached hydrogen (secondary N) is 2. The van der Waals surface area contributed by atoms with E-state index in [4.69, 9.17) is 11.6 Å². The molecule has 0 aromatic carbocycles. The summed E-state index contributed by atoms with van der Waals surface area (Å²) in [6, 6.07) is 0. The van der Waals surface area contributed by atoms with Gasteiger partial charge in [0.25, 0.3) is 0 Å². The SMILES string of the molecule is CNc1nc(C)nc(NN)c1N. The number of aryl methyl sites for hydroxylation is 1. The molecule has 0 fully saturated rings. The molecular formula is C6H12N6. The molecule has 0 atom stereocenters. The van der Waals surface area contributed by atoms with Crippen molar-refractivity contribution in [1.29, 1.82) is 0 Å². The van der Waals surface area contributed by atoms with E-state index in [1.165, 1.54) is 0 Å². The minimum absolute atomic E-state index is 0.422. The molecule has 0 radical (unpaired) electrons. The molecule has 0 spiro atoms. The van der Waals surface area contributed by atoms with Gasteiger partial charge in [-0.1, -0.05) is 0 Å². The van der Waals surface area contributed by atoms with Crippen molar-refractivity contribution in [3.8, 4) is 0 Å². The second-order valence-electron chi connectivity index (χ2n) is 2.28. The van der Waals surface area contributed by atoms with E-state index >= 15 is 0 Å². The first kappa shape index (κ1) is 8.54. The Labute approximate surface area is 70.4 Å². The monoisotopic (exact) mass is 168 g/mol. The van der Waals surface area contributed by atoms with Gasteiger partial charge in [0.15, 0.2) is 11.6 Å². The van der Waals surface area contributed by atoms with Crippen molar-refractivity contribution in [2.24, 2.45) is 5.84 Å². The number of nitrogens with two attached hydrogens (primary N) is 2. The Kier molecular flexibility index (Phi) is 2.29. The molecule has 0 amide bonds. The predicted octanol–water partition coefficient (Wildman–Crippen LogP) is -0.305. The largest absolute Gasteiger partial charge is 0.393 e. The maximum atomic E-state index is 5.64. The van der Waals surface area contributed by atoms with Gasteiger partial charge < -0.3 is 16.5 Å². The summed E-state index contributed by atoms with van der Waals surface area (Å²) < 4.78 is 0. The van der Waals surface area contributed by atoms with E-state index in [-0.39, 0.29) is 0 Å².